The van der Waals surface area contributed by atoms with Crippen molar-refractivity contribution in [2.45, 2.75) is 37.6 Å². The number of halogens is 1. The standard InChI is InChI=1S/C13H19ClN2O3S/c1-3-4-9(2)16-13(17)8-20(18,19)12-6-5-10(14)7-11(12)15/h5-7,9H,3-4,8,15H2,1-2H3,(H,16,17). The fourth-order valence-electron chi connectivity index (χ4n) is 1.87. The van der Waals surface area contributed by atoms with Crippen molar-refractivity contribution >= 4 is 33.0 Å². The summed E-state index contributed by atoms with van der Waals surface area (Å²) in [6.45, 7) is 3.83. The fourth-order valence-corrected chi connectivity index (χ4v) is 3.33. The minimum atomic E-state index is -3.76. The Kier molecular flexibility index (Phi) is 5.83. The van der Waals surface area contributed by atoms with Gasteiger partial charge in [0.2, 0.25) is 5.91 Å². The van der Waals surface area contributed by atoms with Crippen LogP contribution in [0.3, 0.4) is 0 Å². The number of nitrogens with two attached hydrogens (primary N) is 1. The number of carbonyl (C=O) groups is 1. The van der Waals surface area contributed by atoms with E-state index in [1.54, 1.807) is 0 Å². The van der Waals surface area contributed by atoms with Crippen LogP contribution in [0.15, 0.2) is 23.1 Å². The maximum absolute atomic E-state index is 12.1. The van der Waals surface area contributed by atoms with Crippen LogP contribution >= 0.6 is 11.6 Å². The smallest absolute Gasteiger partial charge is 0.235 e. The average Bonchev–Trinajstić information content (AvgIpc) is 2.26. The molecule has 1 aromatic carbocycles. The summed E-state index contributed by atoms with van der Waals surface area (Å²) in [7, 11) is -3.76. The van der Waals surface area contributed by atoms with Crippen molar-refractivity contribution < 1.29 is 13.2 Å². The summed E-state index contributed by atoms with van der Waals surface area (Å²) in [5.74, 6) is -1.15. The van der Waals surface area contributed by atoms with Crippen molar-refractivity contribution in [3.63, 3.8) is 0 Å². The third-order valence-electron chi connectivity index (χ3n) is 2.76. The van der Waals surface area contributed by atoms with E-state index in [1.807, 2.05) is 13.8 Å². The highest BCUT2D eigenvalue weighted by Gasteiger charge is 2.22. The van der Waals surface area contributed by atoms with Gasteiger partial charge in [0.1, 0.15) is 5.75 Å². The van der Waals surface area contributed by atoms with E-state index >= 15 is 0 Å². The SMILES string of the molecule is CCCC(C)NC(=O)CS(=O)(=O)c1ccc(Cl)cc1N. The highest BCUT2D eigenvalue weighted by molar-refractivity contribution is 7.92. The Morgan fingerprint density at radius 1 is 1.45 bits per heavy atom. The molecule has 5 nitrogen and oxygen atoms in total. The van der Waals surface area contributed by atoms with Gasteiger partial charge < -0.3 is 11.1 Å². The summed E-state index contributed by atoms with van der Waals surface area (Å²) in [5, 5.41) is 3.00. The average molecular weight is 319 g/mol. The van der Waals surface area contributed by atoms with Gasteiger partial charge in [0.05, 0.1) is 10.6 Å². The highest BCUT2D eigenvalue weighted by Crippen LogP contribution is 2.23. The first kappa shape index (κ1) is 16.8. The Hall–Kier alpha value is -1.27. The second-order valence-corrected chi connectivity index (χ2v) is 7.09. The van der Waals surface area contributed by atoms with E-state index in [2.05, 4.69) is 5.32 Å². The molecule has 0 aliphatic carbocycles. The van der Waals surface area contributed by atoms with Gasteiger partial charge in [-0.2, -0.15) is 0 Å². The molecular weight excluding hydrogens is 300 g/mol. The van der Waals surface area contributed by atoms with Gasteiger partial charge in [0.25, 0.3) is 0 Å². The second kappa shape index (κ2) is 6.95. The molecule has 20 heavy (non-hydrogen) atoms. The summed E-state index contributed by atoms with van der Waals surface area (Å²) in [5.41, 5.74) is 5.68. The van der Waals surface area contributed by atoms with Crippen LogP contribution < -0.4 is 11.1 Å². The number of nitrogens with one attached hydrogen (secondary N) is 1. The third-order valence-corrected chi connectivity index (χ3v) is 4.68. The quantitative estimate of drug-likeness (QED) is 0.785. The molecule has 7 heteroatoms. The van der Waals surface area contributed by atoms with Crippen LogP contribution in [0.1, 0.15) is 26.7 Å². The van der Waals surface area contributed by atoms with E-state index < -0.39 is 21.5 Å². The van der Waals surface area contributed by atoms with Crippen molar-refractivity contribution in [2.75, 3.05) is 11.5 Å². The number of sulfone groups is 1. The number of carbonyl (C=O) groups excluding carboxylic acids is 1. The Morgan fingerprint density at radius 2 is 2.10 bits per heavy atom. The molecule has 0 bridgehead atoms. The maximum atomic E-state index is 12.1. The van der Waals surface area contributed by atoms with Crippen molar-refractivity contribution in [2.24, 2.45) is 0 Å². The van der Waals surface area contributed by atoms with Crippen LogP contribution in [-0.2, 0) is 14.6 Å². The molecule has 1 atom stereocenters. The molecule has 1 aromatic rings. The topological polar surface area (TPSA) is 89.3 Å². The number of nitrogen functional groups attached to an aromatic ring is 1. The van der Waals surface area contributed by atoms with Crippen molar-refractivity contribution in [3.05, 3.63) is 23.2 Å². The molecule has 1 rings (SSSR count). The summed E-state index contributed by atoms with van der Waals surface area (Å²) in [6, 6.07) is 4.05. The first-order valence-electron chi connectivity index (χ1n) is 6.33. The molecule has 0 saturated carbocycles. The zero-order valence-corrected chi connectivity index (χ0v) is 13.1. The van der Waals surface area contributed by atoms with Gasteiger partial charge in [-0.1, -0.05) is 24.9 Å². The van der Waals surface area contributed by atoms with Crippen molar-refractivity contribution in [1.82, 2.24) is 5.32 Å². The van der Waals surface area contributed by atoms with Crippen LogP contribution in [0.2, 0.25) is 5.02 Å². The molecule has 0 saturated heterocycles. The van der Waals surface area contributed by atoms with Crippen LogP contribution in [0.5, 0.6) is 0 Å². The lowest BCUT2D eigenvalue weighted by molar-refractivity contribution is -0.119. The first-order valence-corrected chi connectivity index (χ1v) is 8.36. The molecule has 0 fully saturated rings. The summed E-state index contributed by atoms with van der Waals surface area (Å²) < 4.78 is 24.3. The summed E-state index contributed by atoms with van der Waals surface area (Å²) >= 11 is 5.72. The van der Waals surface area contributed by atoms with Gasteiger partial charge in [-0.05, 0) is 31.5 Å². The van der Waals surface area contributed by atoms with Crippen molar-refractivity contribution in [3.8, 4) is 0 Å². The van der Waals surface area contributed by atoms with E-state index in [-0.39, 0.29) is 16.6 Å². The Labute approximate surface area is 124 Å². The zero-order chi connectivity index (χ0) is 15.3. The largest absolute Gasteiger partial charge is 0.398 e. The zero-order valence-electron chi connectivity index (χ0n) is 11.5. The van der Waals surface area contributed by atoms with Gasteiger partial charge in [-0.25, -0.2) is 8.42 Å². The number of anilines is 1. The maximum Gasteiger partial charge on any atom is 0.235 e. The van der Waals surface area contributed by atoms with E-state index in [0.29, 0.717) is 5.02 Å². The number of rotatable bonds is 6. The Bertz CT molecular complexity index is 587. The third kappa shape index (κ3) is 4.68. The predicted octanol–water partition coefficient (Wildman–Crippen LogP) is 2.00. The van der Waals surface area contributed by atoms with Gasteiger partial charge in [-0.3, -0.25) is 4.79 Å². The summed E-state index contributed by atoms with van der Waals surface area (Å²) in [4.78, 5) is 11.7. The molecule has 0 radical (unpaired) electrons. The molecule has 0 heterocycles. The molecule has 1 amide bonds. The van der Waals surface area contributed by atoms with Crippen LogP contribution in [0.25, 0.3) is 0 Å². The van der Waals surface area contributed by atoms with Crippen LogP contribution in [0, 0.1) is 0 Å². The molecule has 0 spiro atoms. The lowest BCUT2D eigenvalue weighted by atomic mass is 10.2. The molecule has 112 valence electrons. The fraction of sp³-hybridized carbons (Fsp3) is 0.462. The lowest BCUT2D eigenvalue weighted by Gasteiger charge is -2.13. The van der Waals surface area contributed by atoms with Crippen LogP contribution in [-0.4, -0.2) is 26.1 Å². The minimum Gasteiger partial charge on any atom is -0.398 e. The van der Waals surface area contributed by atoms with Crippen LogP contribution in [0.4, 0.5) is 5.69 Å². The second-order valence-electron chi connectivity index (χ2n) is 4.70. The molecular formula is C13H19ClN2O3S. The van der Waals surface area contributed by atoms with Gasteiger partial charge in [0, 0.05) is 11.1 Å². The van der Waals surface area contributed by atoms with Gasteiger partial charge >= 0.3 is 0 Å². The molecule has 3 N–H and O–H groups in total. The normalized spacial score (nSPS) is 12.9. The number of hydrogen-bond acceptors (Lipinski definition) is 4. The Balaban J connectivity index is 2.82. The number of hydrogen-bond donors (Lipinski definition) is 2. The number of amides is 1. The van der Waals surface area contributed by atoms with E-state index in [1.165, 1.54) is 18.2 Å². The molecule has 1 unspecified atom stereocenters. The van der Waals surface area contributed by atoms with Gasteiger partial charge in [-0.15, -0.1) is 0 Å². The minimum absolute atomic E-state index is 0.0481. The number of benzene rings is 1. The van der Waals surface area contributed by atoms with Crippen molar-refractivity contribution in [1.29, 1.82) is 0 Å². The molecule has 0 aliphatic rings. The predicted molar refractivity (Wildman–Crippen MR) is 80.4 cm³/mol. The van der Waals surface area contributed by atoms with E-state index in [0.717, 1.165) is 12.8 Å². The van der Waals surface area contributed by atoms with E-state index in [4.69, 9.17) is 17.3 Å². The summed E-state index contributed by atoms with van der Waals surface area (Å²) in [6.07, 6.45) is 1.72. The van der Waals surface area contributed by atoms with Gasteiger partial charge in [0.15, 0.2) is 9.84 Å². The molecule has 0 aliphatic heterocycles. The van der Waals surface area contributed by atoms with E-state index in [9.17, 15) is 13.2 Å². The molecule has 0 aromatic heterocycles. The monoisotopic (exact) mass is 318 g/mol. The first-order chi connectivity index (χ1) is 9.26. The highest BCUT2D eigenvalue weighted by atomic mass is 35.5. The Morgan fingerprint density at radius 3 is 2.65 bits per heavy atom. The lowest BCUT2D eigenvalue weighted by Crippen LogP contribution is -2.36.